The molecule has 9 nitrogen and oxygen atoms in total. The van der Waals surface area contributed by atoms with Gasteiger partial charge in [-0.2, -0.15) is 0 Å². The lowest BCUT2D eigenvalue weighted by Crippen LogP contribution is -2.47. The number of rotatable bonds is 6. The van der Waals surface area contributed by atoms with Crippen molar-refractivity contribution in [2.45, 2.75) is 54.2 Å². The molecule has 0 amide bonds. The van der Waals surface area contributed by atoms with Crippen LogP contribution in [-0.2, 0) is 16.1 Å². The van der Waals surface area contributed by atoms with Crippen molar-refractivity contribution >= 4 is 23.3 Å². The maximum atomic E-state index is 12.6. The third-order valence-electron chi connectivity index (χ3n) is 5.67. The topological polar surface area (TPSA) is 114 Å². The number of aromatic nitrogens is 2. The number of carbonyl (C=O) groups excluding carboxylic acids is 1. The molecular weight excluding hydrogens is 424 g/mol. The fourth-order valence-corrected chi connectivity index (χ4v) is 3.71. The molecule has 1 aliphatic heterocycles. The summed E-state index contributed by atoms with van der Waals surface area (Å²) in [6.45, 7) is 10.7. The number of allylic oxidation sites excluding steroid dienone is 2. The molecule has 174 valence electrons. The van der Waals surface area contributed by atoms with Crippen molar-refractivity contribution in [1.29, 1.82) is 0 Å². The SMILES string of the molecule is COc1cc(COC(=O)c2nc(C)c(C)nc2C)ccc1N1C(C)=C(C)N=C(C)C1C(=O)O. The number of carboxylic acid groups (broad SMARTS) is 1. The van der Waals surface area contributed by atoms with Crippen molar-refractivity contribution in [2.75, 3.05) is 12.0 Å². The molecule has 0 saturated heterocycles. The number of carbonyl (C=O) groups is 2. The second-order valence-electron chi connectivity index (χ2n) is 7.95. The van der Waals surface area contributed by atoms with Gasteiger partial charge in [0.05, 0.1) is 35.6 Å². The summed E-state index contributed by atoms with van der Waals surface area (Å²) in [5.41, 5.74) is 5.33. The number of nitrogens with zero attached hydrogens (tertiary/aromatic N) is 4. The molecular formula is C24H28N4O5. The van der Waals surface area contributed by atoms with E-state index in [0.717, 1.165) is 11.4 Å². The zero-order chi connectivity index (χ0) is 24.4. The third kappa shape index (κ3) is 4.72. The Kier molecular flexibility index (Phi) is 6.81. The number of aliphatic imine (C=N–C) groups is 1. The van der Waals surface area contributed by atoms with Crippen molar-refractivity contribution in [3.05, 3.63) is 57.9 Å². The molecule has 9 heteroatoms. The van der Waals surface area contributed by atoms with Crippen molar-refractivity contribution in [1.82, 2.24) is 9.97 Å². The molecule has 0 fully saturated rings. The van der Waals surface area contributed by atoms with Crippen LogP contribution in [0, 0.1) is 20.8 Å². The molecule has 1 aromatic heterocycles. The van der Waals surface area contributed by atoms with E-state index in [4.69, 9.17) is 9.47 Å². The largest absolute Gasteiger partial charge is 0.495 e. The van der Waals surface area contributed by atoms with E-state index >= 15 is 0 Å². The molecule has 0 spiro atoms. The average molecular weight is 453 g/mol. The van der Waals surface area contributed by atoms with E-state index in [1.165, 1.54) is 7.11 Å². The standard InChI is InChI=1S/C24H28N4O5/c1-12-13(2)27-21(15(4)25-12)24(31)33-11-18-8-9-19(20(10-18)32-7)28-17(6)14(3)26-16(5)22(28)23(29)30/h8-10,22H,11H2,1-7H3,(H,29,30). The fourth-order valence-electron chi connectivity index (χ4n) is 3.71. The van der Waals surface area contributed by atoms with Crippen LogP contribution >= 0.6 is 0 Å². The van der Waals surface area contributed by atoms with Gasteiger partial charge in [-0.05, 0) is 59.2 Å². The number of carboxylic acids is 1. The van der Waals surface area contributed by atoms with Gasteiger partial charge in [-0.15, -0.1) is 0 Å². The molecule has 3 rings (SSSR count). The normalized spacial score (nSPS) is 15.9. The van der Waals surface area contributed by atoms with Crippen LogP contribution in [0.2, 0.25) is 0 Å². The van der Waals surface area contributed by atoms with Gasteiger partial charge in [0.25, 0.3) is 0 Å². The number of hydrogen-bond acceptors (Lipinski definition) is 8. The van der Waals surface area contributed by atoms with E-state index in [-0.39, 0.29) is 12.3 Å². The summed E-state index contributed by atoms with van der Waals surface area (Å²) in [6, 6.07) is 4.31. The third-order valence-corrected chi connectivity index (χ3v) is 5.67. The van der Waals surface area contributed by atoms with Crippen LogP contribution in [0.3, 0.4) is 0 Å². The van der Waals surface area contributed by atoms with E-state index in [2.05, 4.69) is 15.0 Å². The maximum absolute atomic E-state index is 12.6. The lowest BCUT2D eigenvalue weighted by Gasteiger charge is -2.36. The van der Waals surface area contributed by atoms with Gasteiger partial charge in [-0.25, -0.2) is 14.6 Å². The van der Waals surface area contributed by atoms with Crippen LogP contribution in [0.25, 0.3) is 0 Å². The van der Waals surface area contributed by atoms with Gasteiger partial charge in [-0.1, -0.05) is 6.07 Å². The highest BCUT2D eigenvalue weighted by Gasteiger charge is 2.35. The highest BCUT2D eigenvalue weighted by atomic mass is 16.5. The van der Waals surface area contributed by atoms with Crippen molar-refractivity contribution in [2.24, 2.45) is 4.99 Å². The van der Waals surface area contributed by atoms with Crippen LogP contribution < -0.4 is 9.64 Å². The van der Waals surface area contributed by atoms with Gasteiger partial charge in [0.15, 0.2) is 11.7 Å². The molecule has 2 heterocycles. The second-order valence-corrected chi connectivity index (χ2v) is 7.95. The van der Waals surface area contributed by atoms with Gasteiger partial charge in [-0.3, -0.25) is 9.98 Å². The number of aryl methyl sites for hydroxylation is 3. The van der Waals surface area contributed by atoms with E-state index in [1.54, 1.807) is 43.9 Å². The van der Waals surface area contributed by atoms with E-state index in [1.807, 2.05) is 20.8 Å². The highest BCUT2D eigenvalue weighted by Crippen LogP contribution is 2.36. The van der Waals surface area contributed by atoms with E-state index < -0.39 is 18.0 Å². The summed E-state index contributed by atoms with van der Waals surface area (Å²) >= 11 is 0. The molecule has 33 heavy (non-hydrogen) atoms. The molecule has 1 atom stereocenters. The quantitative estimate of drug-likeness (QED) is 0.659. The van der Waals surface area contributed by atoms with Crippen LogP contribution in [-0.4, -0.2) is 45.9 Å². The first-order valence-corrected chi connectivity index (χ1v) is 10.5. The van der Waals surface area contributed by atoms with Gasteiger partial charge >= 0.3 is 11.9 Å². The van der Waals surface area contributed by atoms with Crippen molar-refractivity contribution in [3.63, 3.8) is 0 Å². The smallest absolute Gasteiger partial charge is 0.359 e. The summed E-state index contributed by atoms with van der Waals surface area (Å²) in [5.74, 6) is -1.11. The van der Waals surface area contributed by atoms with Gasteiger partial charge in [0.1, 0.15) is 12.4 Å². The van der Waals surface area contributed by atoms with E-state index in [9.17, 15) is 14.7 Å². The summed E-state index contributed by atoms with van der Waals surface area (Å²) in [4.78, 5) is 39.3. The molecule has 1 unspecified atom stereocenters. The Labute approximate surface area is 192 Å². The lowest BCUT2D eigenvalue weighted by atomic mass is 10.0. The van der Waals surface area contributed by atoms with Crippen LogP contribution in [0.5, 0.6) is 5.75 Å². The number of aliphatic carboxylic acids is 1. The minimum Gasteiger partial charge on any atom is -0.495 e. The highest BCUT2D eigenvalue weighted by molar-refractivity contribution is 6.09. The van der Waals surface area contributed by atoms with Gasteiger partial charge < -0.3 is 19.5 Å². The number of benzene rings is 1. The van der Waals surface area contributed by atoms with Crippen molar-refractivity contribution < 1.29 is 24.2 Å². The molecule has 0 bridgehead atoms. The number of esters is 1. The zero-order valence-electron chi connectivity index (χ0n) is 19.9. The van der Waals surface area contributed by atoms with Gasteiger partial charge in [0.2, 0.25) is 0 Å². The summed E-state index contributed by atoms with van der Waals surface area (Å²) in [5, 5.41) is 9.82. The first-order chi connectivity index (χ1) is 15.5. The van der Waals surface area contributed by atoms with Crippen LogP contribution in [0.1, 0.15) is 53.9 Å². The molecule has 1 aromatic carbocycles. The molecule has 0 aliphatic carbocycles. The summed E-state index contributed by atoms with van der Waals surface area (Å²) in [6.07, 6.45) is 0. The Morgan fingerprint density at radius 1 is 1.03 bits per heavy atom. The molecule has 1 N–H and O–H groups in total. The fraction of sp³-hybridized carbons (Fsp3) is 0.375. The number of anilines is 1. The number of ether oxygens (including phenoxy) is 2. The molecule has 1 aliphatic rings. The number of hydrogen-bond donors (Lipinski definition) is 1. The molecule has 0 saturated carbocycles. The Morgan fingerprint density at radius 3 is 2.33 bits per heavy atom. The Morgan fingerprint density at radius 2 is 1.70 bits per heavy atom. The zero-order valence-corrected chi connectivity index (χ0v) is 19.9. The molecule has 2 aromatic rings. The predicted octanol–water partition coefficient (Wildman–Crippen LogP) is 3.75. The Bertz CT molecular complexity index is 1190. The second kappa shape index (κ2) is 9.40. The first kappa shape index (κ1) is 23.9. The summed E-state index contributed by atoms with van der Waals surface area (Å²) < 4.78 is 11.0. The number of methoxy groups -OCH3 is 1. The molecule has 0 radical (unpaired) electrons. The minimum atomic E-state index is -1.01. The first-order valence-electron chi connectivity index (χ1n) is 10.5. The summed E-state index contributed by atoms with van der Waals surface area (Å²) in [7, 11) is 1.51. The Hall–Kier alpha value is -3.75. The van der Waals surface area contributed by atoms with Crippen LogP contribution in [0.15, 0.2) is 34.6 Å². The lowest BCUT2D eigenvalue weighted by molar-refractivity contribution is -0.136. The maximum Gasteiger partial charge on any atom is 0.359 e. The minimum absolute atomic E-state index is 0.000210. The van der Waals surface area contributed by atoms with Crippen molar-refractivity contribution in [3.8, 4) is 5.75 Å². The monoisotopic (exact) mass is 452 g/mol. The van der Waals surface area contributed by atoms with E-state index in [0.29, 0.717) is 39.8 Å². The van der Waals surface area contributed by atoms with Crippen LogP contribution in [0.4, 0.5) is 5.69 Å². The van der Waals surface area contributed by atoms with Gasteiger partial charge in [0, 0.05) is 11.4 Å². The predicted molar refractivity (Wildman–Crippen MR) is 124 cm³/mol. The Balaban J connectivity index is 1.87. The average Bonchev–Trinajstić information content (AvgIpc) is 2.76.